The molecular formula is C12H17BrN2. The van der Waals surface area contributed by atoms with Crippen molar-refractivity contribution in [1.82, 2.24) is 0 Å². The molecule has 2 N–H and O–H groups in total. The van der Waals surface area contributed by atoms with Crippen LogP contribution in [0, 0.1) is 6.92 Å². The fraction of sp³-hybridized carbons (Fsp3) is 0.500. The van der Waals surface area contributed by atoms with Gasteiger partial charge in [-0.2, -0.15) is 0 Å². The molecule has 1 aromatic rings. The molecule has 0 aromatic heterocycles. The van der Waals surface area contributed by atoms with Crippen LogP contribution in [0.2, 0.25) is 0 Å². The van der Waals surface area contributed by atoms with Gasteiger partial charge in [0.05, 0.1) is 0 Å². The highest BCUT2D eigenvalue weighted by Gasteiger charge is 2.17. The molecule has 1 aliphatic rings. The average molecular weight is 269 g/mol. The predicted octanol–water partition coefficient (Wildman–Crippen LogP) is 2.69. The van der Waals surface area contributed by atoms with Gasteiger partial charge in [-0.05, 0) is 37.5 Å². The molecule has 0 radical (unpaired) electrons. The second kappa shape index (κ2) is 4.54. The normalized spacial score (nSPS) is 18.2. The average Bonchev–Trinajstić information content (AvgIpc) is 2.23. The van der Waals surface area contributed by atoms with Crippen LogP contribution in [0.4, 0.5) is 5.69 Å². The van der Waals surface area contributed by atoms with E-state index in [9.17, 15) is 0 Å². The Morgan fingerprint density at radius 3 is 2.67 bits per heavy atom. The van der Waals surface area contributed by atoms with Gasteiger partial charge in [0.1, 0.15) is 0 Å². The summed E-state index contributed by atoms with van der Waals surface area (Å²) in [7, 11) is 0. The van der Waals surface area contributed by atoms with Crippen molar-refractivity contribution in [3.63, 3.8) is 0 Å². The van der Waals surface area contributed by atoms with Crippen LogP contribution in [-0.2, 0) is 0 Å². The number of nitrogens with zero attached hydrogens (tertiary/aromatic N) is 1. The van der Waals surface area contributed by atoms with Gasteiger partial charge < -0.3 is 10.6 Å². The first-order valence-corrected chi connectivity index (χ1v) is 6.23. The molecule has 82 valence electrons. The molecule has 1 heterocycles. The first-order valence-electron chi connectivity index (χ1n) is 5.43. The van der Waals surface area contributed by atoms with Gasteiger partial charge in [-0.1, -0.05) is 22.0 Å². The highest BCUT2D eigenvalue weighted by atomic mass is 79.9. The van der Waals surface area contributed by atoms with E-state index in [-0.39, 0.29) is 0 Å². The highest BCUT2D eigenvalue weighted by molar-refractivity contribution is 9.10. The smallest absolute Gasteiger partial charge is 0.0407 e. The summed E-state index contributed by atoms with van der Waals surface area (Å²) in [5.41, 5.74) is 8.59. The summed E-state index contributed by atoms with van der Waals surface area (Å²) < 4.78 is 1.15. The second-order valence-corrected chi connectivity index (χ2v) is 5.17. The molecule has 0 saturated carbocycles. The number of aryl methyl sites for hydroxylation is 1. The Labute approximate surface area is 99.6 Å². The molecule has 2 rings (SSSR count). The summed E-state index contributed by atoms with van der Waals surface area (Å²) in [6, 6.07) is 6.85. The van der Waals surface area contributed by atoms with Crippen molar-refractivity contribution in [1.29, 1.82) is 0 Å². The van der Waals surface area contributed by atoms with E-state index in [0.717, 1.165) is 30.4 Å². The molecule has 0 spiro atoms. The van der Waals surface area contributed by atoms with Gasteiger partial charge in [-0.25, -0.2) is 0 Å². The minimum Gasteiger partial charge on any atom is -0.371 e. The molecule has 1 aromatic carbocycles. The minimum atomic E-state index is 0.397. The third-order valence-corrected chi connectivity index (χ3v) is 3.54. The lowest BCUT2D eigenvalue weighted by atomic mass is 10.0. The van der Waals surface area contributed by atoms with Crippen LogP contribution in [0.25, 0.3) is 0 Å². The number of benzene rings is 1. The van der Waals surface area contributed by atoms with E-state index in [1.165, 1.54) is 11.3 Å². The molecule has 0 aliphatic carbocycles. The van der Waals surface area contributed by atoms with Crippen molar-refractivity contribution in [3.05, 3.63) is 28.2 Å². The van der Waals surface area contributed by atoms with Crippen molar-refractivity contribution in [2.24, 2.45) is 5.73 Å². The number of nitrogens with two attached hydrogens (primary N) is 1. The minimum absolute atomic E-state index is 0.397. The van der Waals surface area contributed by atoms with Gasteiger partial charge in [0.25, 0.3) is 0 Å². The Balaban J connectivity index is 2.18. The molecule has 0 atom stereocenters. The van der Waals surface area contributed by atoms with Gasteiger partial charge >= 0.3 is 0 Å². The molecule has 2 nitrogen and oxygen atoms in total. The van der Waals surface area contributed by atoms with Crippen molar-refractivity contribution in [2.45, 2.75) is 25.8 Å². The standard InChI is InChI=1S/C12H17BrN2/c1-9-2-3-10(13)8-12(9)15-6-4-11(14)5-7-15/h2-3,8,11H,4-7,14H2,1H3. The maximum absolute atomic E-state index is 5.91. The molecule has 1 saturated heterocycles. The molecule has 1 fully saturated rings. The summed E-state index contributed by atoms with van der Waals surface area (Å²) in [6.45, 7) is 4.33. The van der Waals surface area contributed by atoms with E-state index in [1.54, 1.807) is 0 Å². The Bertz CT molecular complexity index is 343. The summed E-state index contributed by atoms with van der Waals surface area (Å²) in [5.74, 6) is 0. The SMILES string of the molecule is Cc1ccc(Br)cc1N1CCC(N)CC1. The van der Waals surface area contributed by atoms with Crippen LogP contribution in [-0.4, -0.2) is 19.1 Å². The van der Waals surface area contributed by atoms with Crippen LogP contribution in [0.3, 0.4) is 0 Å². The molecule has 0 unspecified atom stereocenters. The van der Waals surface area contributed by atoms with E-state index in [4.69, 9.17) is 5.73 Å². The number of anilines is 1. The Morgan fingerprint density at radius 2 is 2.00 bits per heavy atom. The molecule has 15 heavy (non-hydrogen) atoms. The number of halogens is 1. The fourth-order valence-electron chi connectivity index (χ4n) is 2.06. The monoisotopic (exact) mass is 268 g/mol. The summed E-state index contributed by atoms with van der Waals surface area (Å²) in [5, 5.41) is 0. The molecule has 0 amide bonds. The fourth-order valence-corrected chi connectivity index (χ4v) is 2.41. The maximum atomic E-state index is 5.91. The lowest BCUT2D eigenvalue weighted by Gasteiger charge is -2.33. The quantitative estimate of drug-likeness (QED) is 0.849. The van der Waals surface area contributed by atoms with Crippen molar-refractivity contribution in [3.8, 4) is 0 Å². The molecule has 3 heteroatoms. The largest absolute Gasteiger partial charge is 0.371 e. The second-order valence-electron chi connectivity index (χ2n) is 4.26. The highest BCUT2D eigenvalue weighted by Crippen LogP contribution is 2.26. The zero-order chi connectivity index (χ0) is 10.8. The van der Waals surface area contributed by atoms with Crippen LogP contribution >= 0.6 is 15.9 Å². The first kappa shape index (κ1) is 11.0. The lowest BCUT2D eigenvalue weighted by Crippen LogP contribution is -2.39. The zero-order valence-electron chi connectivity index (χ0n) is 9.04. The third kappa shape index (κ3) is 2.52. The van der Waals surface area contributed by atoms with E-state index in [2.05, 4.69) is 46.0 Å². The molecule has 1 aliphatic heterocycles. The Kier molecular flexibility index (Phi) is 3.32. The van der Waals surface area contributed by atoms with E-state index < -0.39 is 0 Å². The van der Waals surface area contributed by atoms with Crippen molar-refractivity contribution >= 4 is 21.6 Å². The van der Waals surface area contributed by atoms with Gasteiger partial charge in [0.15, 0.2) is 0 Å². The van der Waals surface area contributed by atoms with E-state index in [1.807, 2.05) is 0 Å². The summed E-state index contributed by atoms with van der Waals surface area (Å²) >= 11 is 3.52. The number of piperidine rings is 1. The van der Waals surface area contributed by atoms with Gasteiger partial charge in [-0.3, -0.25) is 0 Å². The number of rotatable bonds is 1. The van der Waals surface area contributed by atoms with E-state index >= 15 is 0 Å². The topological polar surface area (TPSA) is 29.3 Å². The number of hydrogen-bond donors (Lipinski definition) is 1. The molecular weight excluding hydrogens is 252 g/mol. The summed E-state index contributed by atoms with van der Waals surface area (Å²) in [4.78, 5) is 2.43. The van der Waals surface area contributed by atoms with Gasteiger partial charge in [-0.15, -0.1) is 0 Å². The van der Waals surface area contributed by atoms with Crippen LogP contribution in [0.1, 0.15) is 18.4 Å². The Hall–Kier alpha value is -0.540. The first-order chi connectivity index (χ1) is 7.16. The van der Waals surface area contributed by atoms with Crippen LogP contribution in [0.15, 0.2) is 22.7 Å². The van der Waals surface area contributed by atoms with Crippen molar-refractivity contribution < 1.29 is 0 Å². The zero-order valence-corrected chi connectivity index (χ0v) is 10.6. The van der Waals surface area contributed by atoms with Crippen LogP contribution < -0.4 is 10.6 Å². The predicted molar refractivity (Wildman–Crippen MR) is 68.3 cm³/mol. The van der Waals surface area contributed by atoms with E-state index in [0.29, 0.717) is 6.04 Å². The summed E-state index contributed by atoms with van der Waals surface area (Å²) in [6.07, 6.45) is 2.21. The Morgan fingerprint density at radius 1 is 1.33 bits per heavy atom. The lowest BCUT2D eigenvalue weighted by molar-refractivity contribution is 0.501. The third-order valence-electron chi connectivity index (χ3n) is 3.05. The number of hydrogen-bond acceptors (Lipinski definition) is 2. The van der Waals surface area contributed by atoms with Crippen LogP contribution in [0.5, 0.6) is 0 Å². The molecule has 0 bridgehead atoms. The van der Waals surface area contributed by atoms with Gasteiger partial charge in [0, 0.05) is 29.3 Å². The van der Waals surface area contributed by atoms with Crippen molar-refractivity contribution in [2.75, 3.05) is 18.0 Å². The van der Waals surface area contributed by atoms with Gasteiger partial charge in [0.2, 0.25) is 0 Å². The maximum Gasteiger partial charge on any atom is 0.0407 e.